The van der Waals surface area contributed by atoms with Gasteiger partial charge in [0.15, 0.2) is 11.6 Å². The van der Waals surface area contributed by atoms with Crippen molar-refractivity contribution in [2.24, 2.45) is 5.41 Å². The maximum Gasteiger partial charge on any atom is 0.326 e. The van der Waals surface area contributed by atoms with E-state index in [0.717, 1.165) is 16.8 Å². The van der Waals surface area contributed by atoms with E-state index in [4.69, 9.17) is 9.47 Å². The average Bonchev–Trinajstić information content (AvgIpc) is 3.22. The van der Waals surface area contributed by atoms with Crippen LogP contribution in [-0.2, 0) is 25.5 Å². The molecule has 2 heterocycles. The highest BCUT2D eigenvalue weighted by Crippen LogP contribution is 2.45. The number of hydrogen-bond acceptors (Lipinski definition) is 4. The summed E-state index contributed by atoms with van der Waals surface area (Å²) in [5, 5.41) is 0. The van der Waals surface area contributed by atoms with E-state index < -0.39 is 17.6 Å². The molecule has 2 aliphatic heterocycles. The van der Waals surface area contributed by atoms with Crippen LogP contribution in [0.4, 0.5) is 0 Å². The van der Waals surface area contributed by atoms with Gasteiger partial charge in [0.2, 0.25) is 0 Å². The maximum absolute atomic E-state index is 13.5. The molecule has 138 valence electrons. The van der Waals surface area contributed by atoms with Gasteiger partial charge >= 0.3 is 5.97 Å². The zero-order chi connectivity index (χ0) is 18.9. The Morgan fingerprint density at radius 1 is 1.15 bits per heavy atom. The number of hydrogen-bond donors (Lipinski definition) is 0. The first-order valence-corrected chi connectivity index (χ1v) is 9.09. The third kappa shape index (κ3) is 2.94. The molecule has 2 atom stereocenters. The SMILES string of the molecule is CCOC(=O)[C@@]1(Cc2ccccc2)C=C2CO[C@H](c3ccccc3)N2C1=O. The van der Waals surface area contributed by atoms with E-state index in [2.05, 4.69) is 0 Å². The number of nitrogens with zero attached hydrogens (tertiary/aromatic N) is 1. The standard InChI is InChI=1S/C22H21NO4/c1-2-26-21(25)22(13-16-9-5-3-6-10-16)14-18-15-27-19(23(18)20(22)24)17-11-7-4-8-12-17/h3-12,14,19H,2,13,15H2,1H3/t19-,22+/m1/s1. The first-order chi connectivity index (χ1) is 13.2. The Morgan fingerprint density at radius 2 is 1.81 bits per heavy atom. The molecule has 0 saturated carbocycles. The normalized spacial score (nSPS) is 23.9. The van der Waals surface area contributed by atoms with Crippen LogP contribution in [0.2, 0.25) is 0 Å². The first kappa shape index (κ1) is 17.5. The molecule has 2 aromatic rings. The van der Waals surface area contributed by atoms with Crippen LogP contribution in [0.25, 0.3) is 0 Å². The van der Waals surface area contributed by atoms with Gasteiger partial charge < -0.3 is 9.47 Å². The van der Waals surface area contributed by atoms with Crippen molar-refractivity contribution in [3.8, 4) is 0 Å². The van der Waals surface area contributed by atoms with Gasteiger partial charge in [0.25, 0.3) is 5.91 Å². The fraction of sp³-hybridized carbons (Fsp3) is 0.273. The molecule has 0 aliphatic carbocycles. The highest BCUT2D eigenvalue weighted by molar-refractivity contribution is 6.08. The summed E-state index contributed by atoms with van der Waals surface area (Å²) in [5.74, 6) is -0.793. The van der Waals surface area contributed by atoms with Crippen molar-refractivity contribution in [3.63, 3.8) is 0 Å². The van der Waals surface area contributed by atoms with Gasteiger partial charge in [-0.1, -0.05) is 60.7 Å². The number of rotatable bonds is 5. The van der Waals surface area contributed by atoms with Gasteiger partial charge in [0, 0.05) is 17.7 Å². The lowest BCUT2D eigenvalue weighted by atomic mass is 9.81. The van der Waals surface area contributed by atoms with E-state index in [1.807, 2.05) is 60.7 Å². The van der Waals surface area contributed by atoms with Crippen LogP contribution >= 0.6 is 0 Å². The molecule has 1 amide bonds. The summed E-state index contributed by atoms with van der Waals surface area (Å²) < 4.78 is 11.2. The summed E-state index contributed by atoms with van der Waals surface area (Å²) in [6, 6.07) is 19.1. The maximum atomic E-state index is 13.5. The van der Waals surface area contributed by atoms with Crippen LogP contribution in [0.5, 0.6) is 0 Å². The Morgan fingerprint density at radius 3 is 2.48 bits per heavy atom. The number of esters is 1. The van der Waals surface area contributed by atoms with Crippen molar-refractivity contribution < 1.29 is 19.1 Å². The molecule has 0 N–H and O–H groups in total. The number of amides is 1. The molecule has 5 nitrogen and oxygen atoms in total. The largest absolute Gasteiger partial charge is 0.465 e. The Bertz CT molecular complexity index is 878. The zero-order valence-electron chi connectivity index (χ0n) is 15.1. The van der Waals surface area contributed by atoms with E-state index in [-0.39, 0.29) is 18.9 Å². The van der Waals surface area contributed by atoms with Crippen LogP contribution < -0.4 is 0 Å². The highest BCUT2D eigenvalue weighted by Gasteiger charge is 2.57. The topological polar surface area (TPSA) is 55.8 Å². The molecule has 0 bridgehead atoms. The minimum absolute atomic E-state index is 0.227. The Labute approximate surface area is 158 Å². The van der Waals surface area contributed by atoms with Gasteiger partial charge in [-0.25, -0.2) is 0 Å². The first-order valence-electron chi connectivity index (χ1n) is 9.09. The van der Waals surface area contributed by atoms with Gasteiger partial charge in [0.1, 0.15) is 0 Å². The van der Waals surface area contributed by atoms with Crippen molar-refractivity contribution >= 4 is 11.9 Å². The second-order valence-corrected chi connectivity index (χ2v) is 6.74. The van der Waals surface area contributed by atoms with Gasteiger partial charge in [-0.15, -0.1) is 0 Å². The lowest BCUT2D eigenvalue weighted by Gasteiger charge is -2.28. The van der Waals surface area contributed by atoms with Crippen molar-refractivity contribution in [1.29, 1.82) is 0 Å². The number of carbonyl (C=O) groups is 2. The molecule has 4 rings (SSSR count). The minimum atomic E-state index is -1.34. The predicted molar refractivity (Wildman–Crippen MR) is 99.3 cm³/mol. The van der Waals surface area contributed by atoms with E-state index in [1.54, 1.807) is 17.9 Å². The van der Waals surface area contributed by atoms with E-state index >= 15 is 0 Å². The number of ether oxygens (including phenoxy) is 2. The molecule has 0 radical (unpaired) electrons. The third-order valence-corrected chi connectivity index (χ3v) is 5.00. The zero-order valence-corrected chi connectivity index (χ0v) is 15.1. The molecule has 0 aromatic heterocycles. The molecule has 2 aromatic carbocycles. The quantitative estimate of drug-likeness (QED) is 0.605. The van der Waals surface area contributed by atoms with Crippen LogP contribution in [0.15, 0.2) is 72.4 Å². The van der Waals surface area contributed by atoms with Crippen molar-refractivity contribution in [2.75, 3.05) is 13.2 Å². The van der Waals surface area contributed by atoms with Crippen LogP contribution in [0.1, 0.15) is 24.3 Å². The van der Waals surface area contributed by atoms with Gasteiger partial charge in [-0.2, -0.15) is 0 Å². The summed E-state index contributed by atoms with van der Waals surface area (Å²) in [4.78, 5) is 28.0. The molecule has 5 heteroatoms. The molecule has 0 spiro atoms. The minimum Gasteiger partial charge on any atom is -0.465 e. The molecule has 1 fully saturated rings. The van der Waals surface area contributed by atoms with Crippen LogP contribution in [0, 0.1) is 5.41 Å². The predicted octanol–water partition coefficient (Wildman–Crippen LogP) is 3.23. The summed E-state index contributed by atoms with van der Waals surface area (Å²) in [6.45, 7) is 2.27. The average molecular weight is 363 g/mol. The summed E-state index contributed by atoms with van der Waals surface area (Å²) >= 11 is 0. The number of carbonyl (C=O) groups excluding carboxylic acids is 2. The van der Waals surface area contributed by atoms with Gasteiger partial charge in [-0.3, -0.25) is 14.5 Å². The van der Waals surface area contributed by atoms with Gasteiger partial charge in [0.05, 0.1) is 13.2 Å². The summed E-state index contributed by atoms with van der Waals surface area (Å²) in [6.07, 6.45) is 1.49. The molecular formula is C22H21NO4. The number of benzene rings is 2. The Balaban J connectivity index is 1.72. The fourth-order valence-electron chi connectivity index (χ4n) is 3.75. The lowest BCUT2D eigenvalue weighted by molar-refractivity contribution is -0.161. The Kier molecular flexibility index (Phi) is 4.54. The van der Waals surface area contributed by atoms with Crippen molar-refractivity contribution in [1.82, 2.24) is 4.90 Å². The van der Waals surface area contributed by atoms with E-state index in [1.165, 1.54) is 0 Å². The van der Waals surface area contributed by atoms with Crippen molar-refractivity contribution in [3.05, 3.63) is 83.6 Å². The second kappa shape index (κ2) is 7.00. The van der Waals surface area contributed by atoms with Crippen molar-refractivity contribution in [2.45, 2.75) is 19.6 Å². The third-order valence-electron chi connectivity index (χ3n) is 5.00. The monoisotopic (exact) mass is 363 g/mol. The molecule has 1 saturated heterocycles. The van der Waals surface area contributed by atoms with E-state index in [0.29, 0.717) is 6.61 Å². The summed E-state index contributed by atoms with van der Waals surface area (Å²) in [5.41, 5.74) is 1.17. The van der Waals surface area contributed by atoms with Crippen LogP contribution in [0.3, 0.4) is 0 Å². The molecule has 27 heavy (non-hydrogen) atoms. The van der Waals surface area contributed by atoms with Gasteiger partial charge in [-0.05, 0) is 18.6 Å². The van der Waals surface area contributed by atoms with Crippen LogP contribution in [-0.4, -0.2) is 30.0 Å². The second-order valence-electron chi connectivity index (χ2n) is 6.74. The smallest absolute Gasteiger partial charge is 0.326 e. The fourth-order valence-corrected chi connectivity index (χ4v) is 3.75. The molecule has 0 unspecified atom stereocenters. The molecular weight excluding hydrogens is 342 g/mol. The Hall–Kier alpha value is -2.92. The lowest BCUT2D eigenvalue weighted by Crippen LogP contribution is -2.44. The highest BCUT2D eigenvalue weighted by atomic mass is 16.5. The molecule has 2 aliphatic rings. The summed E-state index contributed by atoms with van der Waals surface area (Å²) in [7, 11) is 0. The number of fused-ring (bicyclic) bond motifs is 1. The van der Waals surface area contributed by atoms with E-state index in [9.17, 15) is 9.59 Å².